The zero-order chi connectivity index (χ0) is 24.9. The van der Waals surface area contributed by atoms with Crippen molar-refractivity contribution in [1.82, 2.24) is 19.4 Å². The summed E-state index contributed by atoms with van der Waals surface area (Å²) < 4.78 is 12.6. The third-order valence-corrected chi connectivity index (χ3v) is 7.39. The number of carbonyl (C=O) groups is 1. The molecule has 3 heterocycles. The normalized spacial score (nSPS) is 16.5. The molecule has 10 heteroatoms. The molecule has 0 bridgehead atoms. The van der Waals surface area contributed by atoms with Crippen LogP contribution in [0, 0.1) is 5.41 Å². The number of nitrogens with one attached hydrogen (secondary N) is 1. The number of amides is 1. The Morgan fingerprint density at radius 1 is 1.23 bits per heavy atom. The maximum atomic E-state index is 14.0. The predicted octanol–water partition coefficient (Wildman–Crippen LogP) is 3.52. The Morgan fingerprint density at radius 3 is 2.60 bits per heavy atom. The Kier molecular flexibility index (Phi) is 5.67. The van der Waals surface area contributed by atoms with E-state index < -0.39 is 0 Å². The molecule has 35 heavy (non-hydrogen) atoms. The number of fused-ring (bicyclic) bond motifs is 1. The topological polar surface area (TPSA) is 98.6 Å². The first kappa shape index (κ1) is 23.2. The molecule has 1 N–H and O–H groups in total. The molecule has 182 valence electrons. The van der Waals surface area contributed by atoms with Gasteiger partial charge in [-0.1, -0.05) is 18.2 Å². The van der Waals surface area contributed by atoms with Gasteiger partial charge in [0.15, 0.2) is 0 Å². The van der Waals surface area contributed by atoms with Gasteiger partial charge in [0.05, 0.1) is 19.2 Å². The predicted molar refractivity (Wildman–Crippen MR) is 134 cm³/mol. The molecule has 1 aliphatic carbocycles. The van der Waals surface area contributed by atoms with Gasteiger partial charge in [-0.2, -0.15) is 4.98 Å². The summed E-state index contributed by atoms with van der Waals surface area (Å²) in [5.41, 5.74) is 1.32. The van der Waals surface area contributed by atoms with E-state index >= 15 is 0 Å². The van der Waals surface area contributed by atoms with Crippen molar-refractivity contribution in [2.75, 3.05) is 39.7 Å². The number of ether oxygens (including phenoxy) is 2. The fourth-order valence-corrected chi connectivity index (χ4v) is 5.52. The zero-order valence-corrected chi connectivity index (χ0v) is 20.6. The highest BCUT2D eigenvalue weighted by Gasteiger charge is 2.54. The van der Waals surface area contributed by atoms with E-state index in [2.05, 4.69) is 21.9 Å². The summed E-state index contributed by atoms with van der Waals surface area (Å²) in [6.07, 6.45) is 4.59. The number of methoxy groups -OCH3 is 2. The fraction of sp³-hybridized carbons (Fsp3) is 0.360. The van der Waals surface area contributed by atoms with Crippen LogP contribution in [0.5, 0.6) is 11.5 Å². The van der Waals surface area contributed by atoms with Gasteiger partial charge in [0.2, 0.25) is 11.9 Å². The SMILES string of the molecule is C=CC(=O)N1CC2(CC(n3c(=O)c(-c4cc(OC)cc(OC)c4Cl)cc4cnc(NC)nc43)C2)C1. The number of nitrogens with zero attached hydrogens (tertiary/aromatic N) is 4. The maximum absolute atomic E-state index is 14.0. The Bertz CT molecular complexity index is 1410. The third kappa shape index (κ3) is 3.70. The second-order valence-corrected chi connectivity index (χ2v) is 9.49. The number of benzene rings is 1. The molecule has 1 aliphatic heterocycles. The standard InChI is InChI=1S/C25H26ClN5O4/c1-5-20(32)30-12-25(13-30)9-15(10-25)31-22-14(11-28-24(27-2)29-22)6-18(23(31)33)17-7-16(34-3)8-19(35-4)21(17)26/h5-8,11,15H,1,9-10,12-13H2,2-4H3,(H,27,28,29). The third-order valence-electron chi connectivity index (χ3n) is 7.00. The molecule has 0 radical (unpaired) electrons. The largest absolute Gasteiger partial charge is 0.497 e. The minimum atomic E-state index is -0.200. The van der Waals surface area contributed by atoms with Gasteiger partial charge in [-0.3, -0.25) is 14.2 Å². The lowest BCUT2D eigenvalue weighted by molar-refractivity contribution is -0.148. The van der Waals surface area contributed by atoms with E-state index in [4.69, 9.17) is 21.1 Å². The van der Waals surface area contributed by atoms with Gasteiger partial charge in [-0.15, -0.1) is 0 Å². The number of hydrogen-bond acceptors (Lipinski definition) is 7. The lowest BCUT2D eigenvalue weighted by Gasteiger charge is -2.59. The summed E-state index contributed by atoms with van der Waals surface area (Å²) in [4.78, 5) is 36.6. The molecule has 2 aliphatic rings. The fourth-order valence-electron chi connectivity index (χ4n) is 5.24. The molecular formula is C25H26ClN5O4. The van der Waals surface area contributed by atoms with Crippen molar-refractivity contribution in [3.05, 3.63) is 52.4 Å². The van der Waals surface area contributed by atoms with Crippen LogP contribution in [0.3, 0.4) is 0 Å². The minimum absolute atomic E-state index is 0.0286. The van der Waals surface area contributed by atoms with E-state index in [9.17, 15) is 9.59 Å². The van der Waals surface area contributed by atoms with Gasteiger partial charge in [0, 0.05) is 60.4 Å². The van der Waals surface area contributed by atoms with Gasteiger partial charge in [0.1, 0.15) is 17.1 Å². The average molecular weight is 496 g/mol. The molecular weight excluding hydrogens is 470 g/mol. The molecule has 1 aromatic carbocycles. The highest BCUT2D eigenvalue weighted by atomic mass is 35.5. The average Bonchev–Trinajstić information content (AvgIpc) is 2.82. The van der Waals surface area contributed by atoms with Gasteiger partial charge < -0.3 is 19.7 Å². The van der Waals surface area contributed by atoms with Crippen molar-refractivity contribution in [1.29, 1.82) is 0 Å². The van der Waals surface area contributed by atoms with Crippen molar-refractivity contribution in [2.45, 2.75) is 18.9 Å². The van der Waals surface area contributed by atoms with E-state index in [-0.39, 0.29) is 22.9 Å². The smallest absolute Gasteiger partial charge is 0.260 e. The van der Waals surface area contributed by atoms with Crippen molar-refractivity contribution in [3.8, 4) is 22.6 Å². The van der Waals surface area contributed by atoms with Gasteiger partial charge in [-0.25, -0.2) is 4.98 Å². The lowest BCUT2D eigenvalue weighted by Crippen LogP contribution is -2.64. The van der Waals surface area contributed by atoms with Crippen LogP contribution in [0.1, 0.15) is 18.9 Å². The summed E-state index contributed by atoms with van der Waals surface area (Å²) >= 11 is 6.64. The highest BCUT2D eigenvalue weighted by Crippen LogP contribution is 2.54. The van der Waals surface area contributed by atoms with Gasteiger partial charge in [0.25, 0.3) is 5.56 Å². The van der Waals surface area contributed by atoms with Crippen LogP contribution in [0.15, 0.2) is 41.8 Å². The molecule has 1 amide bonds. The number of anilines is 1. The first-order valence-electron chi connectivity index (χ1n) is 11.3. The van der Waals surface area contributed by atoms with Gasteiger partial charge in [-0.05, 0) is 31.1 Å². The second kappa shape index (κ2) is 8.57. The maximum Gasteiger partial charge on any atom is 0.260 e. The monoisotopic (exact) mass is 495 g/mol. The summed E-state index contributed by atoms with van der Waals surface area (Å²) in [7, 11) is 4.80. The molecule has 1 saturated heterocycles. The quantitative estimate of drug-likeness (QED) is 0.522. The first-order valence-corrected chi connectivity index (χ1v) is 11.6. The van der Waals surface area contributed by atoms with Crippen LogP contribution in [0.2, 0.25) is 5.02 Å². The van der Waals surface area contributed by atoms with Crippen LogP contribution in [0.25, 0.3) is 22.2 Å². The van der Waals surface area contributed by atoms with Crippen molar-refractivity contribution < 1.29 is 14.3 Å². The van der Waals surface area contributed by atoms with E-state index in [0.717, 1.165) is 18.2 Å². The molecule has 0 unspecified atom stereocenters. The summed E-state index contributed by atoms with van der Waals surface area (Å²) in [6.45, 7) is 4.92. The van der Waals surface area contributed by atoms with Crippen LogP contribution < -0.4 is 20.3 Å². The zero-order valence-electron chi connectivity index (χ0n) is 19.8. The molecule has 2 aromatic heterocycles. The van der Waals surface area contributed by atoms with Crippen LogP contribution >= 0.6 is 11.6 Å². The molecule has 9 nitrogen and oxygen atoms in total. The molecule has 3 aromatic rings. The highest BCUT2D eigenvalue weighted by molar-refractivity contribution is 6.35. The number of hydrogen-bond donors (Lipinski definition) is 1. The Labute approximate surface area is 207 Å². The van der Waals surface area contributed by atoms with Gasteiger partial charge >= 0.3 is 0 Å². The molecule has 2 fully saturated rings. The molecule has 0 atom stereocenters. The summed E-state index contributed by atoms with van der Waals surface area (Å²) in [5.74, 6) is 1.31. The molecule has 5 rings (SSSR count). The lowest BCUT2D eigenvalue weighted by atomic mass is 9.60. The number of carbonyl (C=O) groups excluding carboxylic acids is 1. The second-order valence-electron chi connectivity index (χ2n) is 9.11. The van der Waals surface area contributed by atoms with Crippen molar-refractivity contribution in [3.63, 3.8) is 0 Å². The minimum Gasteiger partial charge on any atom is -0.497 e. The molecule has 1 spiro atoms. The van der Waals surface area contributed by atoms with E-state index in [1.54, 1.807) is 48.0 Å². The number of rotatable bonds is 6. The Hall–Kier alpha value is -3.59. The summed E-state index contributed by atoms with van der Waals surface area (Å²) in [5, 5.41) is 3.99. The van der Waals surface area contributed by atoms with Crippen LogP contribution in [-0.2, 0) is 4.79 Å². The van der Waals surface area contributed by atoms with Crippen LogP contribution in [-0.4, -0.2) is 59.7 Å². The first-order chi connectivity index (χ1) is 16.8. The van der Waals surface area contributed by atoms with Crippen molar-refractivity contribution in [2.24, 2.45) is 5.41 Å². The Balaban J connectivity index is 1.62. The molecule has 1 saturated carbocycles. The number of likely N-dealkylation sites (tertiary alicyclic amines) is 1. The number of halogens is 1. The van der Waals surface area contributed by atoms with E-state index in [1.807, 2.05) is 0 Å². The number of pyridine rings is 1. The van der Waals surface area contributed by atoms with Crippen molar-refractivity contribution >= 4 is 34.5 Å². The summed E-state index contributed by atoms with van der Waals surface area (Å²) in [6, 6.07) is 5.11. The Morgan fingerprint density at radius 2 is 1.97 bits per heavy atom. The number of aromatic nitrogens is 3. The van der Waals surface area contributed by atoms with E-state index in [0.29, 0.717) is 52.3 Å². The van der Waals surface area contributed by atoms with E-state index in [1.165, 1.54) is 13.2 Å². The van der Waals surface area contributed by atoms with Crippen LogP contribution in [0.4, 0.5) is 5.95 Å².